The van der Waals surface area contributed by atoms with E-state index in [0.717, 1.165) is 72.4 Å². The number of carbonyl (C=O) groups is 1. The summed E-state index contributed by atoms with van der Waals surface area (Å²) < 4.78 is 0. The summed E-state index contributed by atoms with van der Waals surface area (Å²) in [7, 11) is 0. The first-order valence-corrected chi connectivity index (χ1v) is 15.2. The van der Waals surface area contributed by atoms with Gasteiger partial charge in [0.25, 0.3) is 5.91 Å². The van der Waals surface area contributed by atoms with Gasteiger partial charge in [-0.3, -0.25) is 9.78 Å². The summed E-state index contributed by atoms with van der Waals surface area (Å²) in [6.07, 6.45) is 0. The van der Waals surface area contributed by atoms with Crippen LogP contribution < -0.4 is 5.32 Å². The van der Waals surface area contributed by atoms with Gasteiger partial charge >= 0.3 is 0 Å². The minimum atomic E-state index is -0.169. The van der Waals surface area contributed by atoms with Crippen LogP contribution in [0.25, 0.3) is 55.4 Å². The molecule has 1 N–H and O–H groups in total. The number of fused-ring (bicyclic) bond motifs is 1. The molecule has 0 aliphatic carbocycles. The molecule has 7 rings (SSSR count). The van der Waals surface area contributed by atoms with Gasteiger partial charge in [0.05, 0.1) is 11.1 Å². The molecule has 7 aromatic rings. The van der Waals surface area contributed by atoms with Gasteiger partial charge in [0, 0.05) is 33.5 Å². The monoisotopic (exact) mass is 580 g/mol. The number of pyridine rings is 1. The molecule has 3 nitrogen and oxygen atoms in total. The van der Waals surface area contributed by atoms with E-state index in [0.29, 0.717) is 5.56 Å². The van der Waals surface area contributed by atoms with Crippen molar-refractivity contribution in [3.63, 3.8) is 0 Å². The van der Waals surface area contributed by atoms with Crippen molar-refractivity contribution in [2.45, 2.75) is 13.8 Å². The predicted octanol–water partition coefficient (Wildman–Crippen LogP) is 10.8. The second kappa shape index (κ2) is 12.1. The van der Waals surface area contributed by atoms with Crippen molar-refractivity contribution in [2.75, 3.05) is 5.32 Å². The lowest BCUT2D eigenvalue weighted by Gasteiger charge is -2.25. The second-order valence-corrected chi connectivity index (χ2v) is 11.3. The Morgan fingerprint density at radius 2 is 0.933 bits per heavy atom. The Balaban J connectivity index is 1.69. The molecule has 0 aliphatic rings. The molecule has 1 aromatic heterocycles. The molecular formula is C42H32N2O. The van der Waals surface area contributed by atoms with Crippen LogP contribution in [0, 0.1) is 13.8 Å². The normalized spacial score (nSPS) is 11.0. The highest BCUT2D eigenvalue weighted by atomic mass is 16.1. The van der Waals surface area contributed by atoms with Crippen molar-refractivity contribution in [1.29, 1.82) is 0 Å². The van der Waals surface area contributed by atoms with Gasteiger partial charge in [0.2, 0.25) is 0 Å². The molecule has 0 unspecified atom stereocenters. The average Bonchev–Trinajstić information content (AvgIpc) is 3.09. The van der Waals surface area contributed by atoms with E-state index in [-0.39, 0.29) is 5.91 Å². The Labute approximate surface area is 263 Å². The van der Waals surface area contributed by atoms with Gasteiger partial charge in [0.1, 0.15) is 0 Å². The zero-order valence-electron chi connectivity index (χ0n) is 25.3. The first-order valence-electron chi connectivity index (χ1n) is 15.2. The predicted molar refractivity (Wildman–Crippen MR) is 187 cm³/mol. The molecule has 216 valence electrons. The van der Waals surface area contributed by atoms with E-state index < -0.39 is 0 Å². The molecule has 0 saturated heterocycles. The summed E-state index contributed by atoms with van der Waals surface area (Å²) in [5.41, 5.74) is 12.4. The maximum absolute atomic E-state index is 14.4. The minimum absolute atomic E-state index is 0.169. The lowest BCUT2D eigenvalue weighted by molar-refractivity contribution is 0.102. The second-order valence-electron chi connectivity index (χ2n) is 11.3. The molecule has 45 heavy (non-hydrogen) atoms. The van der Waals surface area contributed by atoms with Crippen LogP contribution in [0.2, 0.25) is 0 Å². The molecule has 0 radical (unpaired) electrons. The van der Waals surface area contributed by atoms with E-state index in [9.17, 15) is 4.79 Å². The van der Waals surface area contributed by atoms with Crippen molar-refractivity contribution in [3.05, 3.63) is 168 Å². The van der Waals surface area contributed by atoms with E-state index in [2.05, 4.69) is 102 Å². The van der Waals surface area contributed by atoms with Crippen LogP contribution in [-0.2, 0) is 0 Å². The smallest absolute Gasteiger partial charge is 0.256 e. The maximum atomic E-state index is 14.4. The van der Waals surface area contributed by atoms with Crippen LogP contribution in [0.15, 0.2) is 152 Å². The molecule has 0 fully saturated rings. The largest absolute Gasteiger partial charge is 0.322 e. The highest BCUT2D eigenvalue weighted by Crippen LogP contribution is 2.51. The SMILES string of the molecule is Cc1ccc(NC(=O)c2cc(C)nc3c(-c4ccccc4)c(-c4ccccc4)c(-c4ccccc4)c(-c4ccccc4)c23)cc1. The third-order valence-corrected chi connectivity index (χ3v) is 8.19. The van der Waals surface area contributed by atoms with Gasteiger partial charge < -0.3 is 5.32 Å². The number of rotatable bonds is 6. The summed E-state index contributed by atoms with van der Waals surface area (Å²) in [5.74, 6) is -0.169. The summed E-state index contributed by atoms with van der Waals surface area (Å²) in [6, 6.07) is 51.6. The lowest BCUT2D eigenvalue weighted by Crippen LogP contribution is -2.14. The van der Waals surface area contributed by atoms with Crippen LogP contribution in [0.5, 0.6) is 0 Å². The summed E-state index contributed by atoms with van der Waals surface area (Å²) in [6.45, 7) is 4.00. The van der Waals surface area contributed by atoms with Gasteiger partial charge in [-0.25, -0.2) is 0 Å². The fourth-order valence-electron chi connectivity index (χ4n) is 6.18. The highest BCUT2D eigenvalue weighted by molar-refractivity contribution is 6.24. The van der Waals surface area contributed by atoms with Crippen LogP contribution in [0.1, 0.15) is 21.6 Å². The highest BCUT2D eigenvalue weighted by Gasteiger charge is 2.28. The van der Waals surface area contributed by atoms with E-state index in [1.54, 1.807) is 0 Å². The number of hydrogen-bond acceptors (Lipinski definition) is 2. The molecule has 0 bridgehead atoms. The van der Waals surface area contributed by atoms with Crippen LogP contribution in [0.4, 0.5) is 5.69 Å². The summed E-state index contributed by atoms with van der Waals surface area (Å²) >= 11 is 0. The Kier molecular flexibility index (Phi) is 7.51. The van der Waals surface area contributed by atoms with Crippen LogP contribution in [-0.4, -0.2) is 10.9 Å². The van der Waals surface area contributed by atoms with E-state index in [1.165, 1.54) is 0 Å². The molecule has 1 amide bonds. The molecule has 3 heteroatoms. The molecule has 1 heterocycles. The Morgan fingerprint density at radius 3 is 1.42 bits per heavy atom. The van der Waals surface area contributed by atoms with Crippen molar-refractivity contribution < 1.29 is 4.79 Å². The van der Waals surface area contributed by atoms with Gasteiger partial charge in [-0.05, 0) is 59.9 Å². The van der Waals surface area contributed by atoms with E-state index in [1.807, 2.05) is 68.4 Å². The Hall–Kier alpha value is -5.80. The maximum Gasteiger partial charge on any atom is 0.256 e. The number of nitrogens with zero attached hydrogens (tertiary/aromatic N) is 1. The minimum Gasteiger partial charge on any atom is -0.322 e. The Bertz CT molecular complexity index is 2120. The molecule has 6 aromatic carbocycles. The lowest BCUT2D eigenvalue weighted by atomic mass is 9.79. The third-order valence-electron chi connectivity index (χ3n) is 8.19. The fraction of sp³-hybridized carbons (Fsp3) is 0.0476. The Morgan fingerprint density at radius 1 is 0.511 bits per heavy atom. The third kappa shape index (κ3) is 5.41. The van der Waals surface area contributed by atoms with Gasteiger partial charge in [-0.2, -0.15) is 0 Å². The molecular weight excluding hydrogens is 548 g/mol. The molecule has 0 spiro atoms. The van der Waals surface area contributed by atoms with Gasteiger partial charge in [-0.1, -0.05) is 139 Å². The summed E-state index contributed by atoms with van der Waals surface area (Å²) in [4.78, 5) is 19.6. The zero-order valence-corrected chi connectivity index (χ0v) is 25.3. The number of anilines is 1. The first kappa shape index (κ1) is 28.0. The van der Waals surface area contributed by atoms with Gasteiger partial charge in [0.15, 0.2) is 0 Å². The number of hydrogen-bond donors (Lipinski definition) is 1. The van der Waals surface area contributed by atoms with Crippen molar-refractivity contribution in [2.24, 2.45) is 0 Å². The molecule has 0 saturated carbocycles. The number of aromatic nitrogens is 1. The van der Waals surface area contributed by atoms with E-state index in [4.69, 9.17) is 4.98 Å². The summed E-state index contributed by atoms with van der Waals surface area (Å²) in [5, 5.41) is 4.01. The topological polar surface area (TPSA) is 42.0 Å². The number of nitrogens with one attached hydrogen (secondary N) is 1. The number of benzene rings is 6. The quantitative estimate of drug-likeness (QED) is 0.213. The van der Waals surface area contributed by atoms with Gasteiger partial charge in [-0.15, -0.1) is 0 Å². The average molecular weight is 581 g/mol. The van der Waals surface area contributed by atoms with Crippen molar-refractivity contribution in [3.8, 4) is 44.5 Å². The number of aryl methyl sites for hydroxylation is 2. The van der Waals surface area contributed by atoms with Crippen molar-refractivity contribution in [1.82, 2.24) is 4.98 Å². The fourth-order valence-corrected chi connectivity index (χ4v) is 6.18. The first-order chi connectivity index (χ1) is 22.1. The molecule has 0 atom stereocenters. The van der Waals surface area contributed by atoms with E-state index >= 15 is 0 Å². The number of carbonyl (C=O) groups excluding carboxylic acids is 1. The van der Waals surface area contributed by atoms with Crippen molar-refractivity contribution >= 4 is 22.5 Å². The zero-order chi connectivity index (χ0) is 30.8. The van der Waals surface area contributed by atoms with Crippen LogP contribution >= 0.6 is 0 Å². The number of amides is 1. The molecule has 0 aliphatic heterocycles. The van der Waals surface area contributed by atoms with Crippen LogP contribution in [0.3, 0.4) is 0 Å². The standard InChI is InChI=1S/C42H32N2O/c1-28-23-25-34(26-24-28)44-42(45)35-27-29(2)43-41-39(33-21-13-6-14-22-33)37(31-17-9-4-10-18-31)36(30-15-7-3-8-16-30)38(40(35)41)32-19-11-5-12-20-32/h3-27H,1-2H3,(H,44,45).